The lowest BCUT2D eigenvalue weighted by atomic mass is 9.97. The number of carbonyl (C=O) groups excluding carboxylic acids is 9. The van der Waals surface area contributed by atoms with Gasteiger partial charge in [-0.2, -0.15) is 12.6 Å². The van der Waals surface area contributed by atoms with Crippen LogP contribution >= 0.6 is 12.6 Å². The van der Waals surface area contributed by atoms with Gasteiger partial charge >= 0.3 is 5.97 Å². The Balaban J connectivity index is 2.15. The molecule has 8 atom stereocenters. The van der Waals surface area contributed by atoms with Gasteiger partial charge in [-0.3, -0.25) is 52.9 Å². The molecule has 0 spiro atoms. The summed E-state index contributed by atoms with van der Waals surface area (Å²) in [6, 6.07) is -3.57. The summed E-state index contributed by atoms with van der Waals surface area (Å²) in [7, 11) is 0. The Hall–Kier alpha value is -6.74. The average molecular weight is 966 g/mol. The van der Waals surface area contributed by atoms with Crippen molar-refractivity contribution in [2.24, 2.45) is 33.8 Å². The largest absolute Gasteiger partial charge is 0.508 e. The summed E-state index contributed by atoms with van der Waals surface area (Å²) in [5, 5.41) is 45.8. The summed E-state index contributed by atoms with van der Waals surface area (Å²) in [5.41, 5.74) is 22.1. The van der Waals surface area contributed by atoms with Gasteiger partial charge < -0.3 is 80.4 Å². The molecule has 1 heterocycles. The Labute approximate surface area is 391 Å². The molecule has 1 aromatic carbocycles. The highest BCUT2D eigenvalue weighted by Gasteiger charge is 2.39. The lowest BCUT2D eigenvalue weighted by Gasteiger charge is -2.29. The van der Waals surface area contributed by atoms with Gasteiger partial charge in [-0.15, -0.1) is 0 Å². The van der Waals surface area contributed by atoms with Crippen LogP contribution in [-0.4, -0.2) is 166 Å². The van der Waals surface area contributed by atoms with E-state index in [1.54, 1.807) is 13.8 Å². The van der Waals surface area contributed by atoms with Crippen LogP contribution in [0.4, 0.5) is 0 Å². The second kappa shape index (κ2) is 28.3. The molecule has 0 aliphatic carbocycles. The number of amides is 9. The first-order valence-electron chi connectivity index (χ1n) is 21.3. The number of guanidine groups is 1. The number of rotatable bonds is 28. The number of phenolic OH excluding ortho intramolecular Hbond substituents is 1. The van der Waals surface area contributed by atoms with E-state index in [0.29, 0.717) is 18.4 Å². The minimum absolute atomic E-state index is 0.0404. The number of hydrogen-bond donors (Lipinski definition) is 15. The molecule has 372 valence electrons. The molecular formula is C40H63N13O13S. The number of aromatic hydroxyl groups is 1. The number of primary amides is 1. The van der Waals surface area contributed by atoms with Crippen LogP contribution in [0.5, 0.6) is 5.75 Å². The Morgan fingerprint density at radius 3 is 1.99 bits per heavy atom. The standard InChI is InChI=1S/C40H63N13O13S/c1-3-20(2)32(38(65)47-17-30(57)49-27(18-54)36(63)50-24(33(42)60)6-4-12-45-40(43)44)52-35(62)25(14-21-8-10-22(55)11-9-21)48-29(56)16-46-37(64)28-7-5-13-53(28)39(66)26(15-31(58)59)51-34(61)23(41)19-67/h8-11,20,23-28,32,54-55,67H,3-7,12-19,41H2,1-2H3,(H2,42,60)(H,46,64)(H,47,65)(H,48,56)(H,49,57)(H,50,63)(H,51,61)(H,52,62)(H,58,59)(H4,43,44,45)/t20?,23-,24-,25-,26-,27-,28-,32-/m0/s1. The molecule has 1 fully saturated rings. The van der Waals surface area contributed by atoms with E-state index in [2.05, 4.69) is 54.8 Å². The minimum Gasteiger partial charge on any atom is -0.508 e. The number of thiol groups is 1. The third-order valence-corrected chi connectivity index (χ3v) is 10.9. The van der Waals surface area contributed by atoms with Crippen molar-refractivity contribution in [1.82, 2.24) is 42.1 Å². The van der Waals surface area contributed by atoms with Crippen molar-refractivity contribution in [3.8, 4) is 5.75 Å². The molecule has 18 N–H and O–H groups in total. The predicted octanol–water partition coefficient (Wildman–Crippen LogP) is -6.11. The van der Waals surface area contributed by atoms with Gasteiger partial charge in [0.1, 0.15) is 42.0 Å². The third kappa shape index (κ3) is 19.3. The van der Waals surface area contributed by atoms with E-state index < -0.39 is 133 Å². The molecule has 0 saturated carbocycles. The van der Waals surface area contributed by atoms with Gasteiger partial charge in [-0.25, -0.2) is 0 Å². The van der Waals surface area contributed by atoms with Crippen LogP contribution in [0.1, 0.15) is 57.9 Å². The molecule has 26 nitrogen and oxygen atoms in total. The average Bonchev–Trinajstić information content (AvgIpc) is 3.78. The second-order valence-corrected chi connectivity index (χ2v) is 16.0. The minimum atomic E-state index is -1.55. The number of nitrogens with zero attached hydrogens (tertiary/aromatic N) is 2. The fourth-order valence-electron chi connectivity index (χ4n) is 6.58. The van der Waals surface area contributed by atoms with Gasteiger partial charge in [0.05, 0.1) is 32.2 Å². The first-order chi connectivity index (χ1) is 31.6. The van der Waals surface area contributed by atoms with E-state index >= 15 is 0 Å². The number of carbonyl (C=O) groups is 10. The fraction of sp³-hybridized carbons (Fsp3) is 0.575. The number of aliphatic carboxylic acids is 1. The normalized spacial score (nSPS) is 16.3. The van der Waals surface area contributed by atoms with Crippen LogP contribution in [0.2, 0.25) is 0 Å². The van der Waals surface area contributed by atoms with Crippen molar-refractivity contribution >= 4 is 77.7 Å². The maximum Gasteiger partial charge on any atom is 0.305 e. The van der Waals surface area contributed by atoms with E-state index in [0.717, 1.165) is 4.90 Å². The predicted molar refractivity (Wildman–Crippen MR) is 242 cm³/mol. The Bertz CT molecular complexity index is 1950. The molecule has 1 aliphatic heterocycles. The zero-order valence-electron chi connectivity index (χ0n) is 37.2. The summed E-state index contributed by atoms with van der Waals surface area (Å²) in [5.74, 6) is -10.1. The van der Waals surface area contributed by atoms with Crippen molar-refractivity contribution in [3.63, 3.8) is 0 Å². The van der Waals surface area contributed by atoms with Crippen LogP contribution in [0.15, 0.2) is 29.3 Å². The first kappa shape index (κ1) is 56.4. The second-order valence-electron chi connectivity index (χ2n) is 15.7. The van der Waals surface area contributed by atoms with Crippen LogP contribution in [0.25, 0.3) is 0 Å². The molecule has 1 saturated heterocycles. The summed E-state index contributed by atoms with van der Waals surface area (Å²) in [4.78, 5) is 134. The van der Waals surface area contributed by atoms with Gasteiger partial charge in [0.15, 0.2) is 5.96 Å². The van der Waals surface area contributed by atoms with Crippen LogP contribution in [-0.2, 0) is 54.4 Å². The molecule has 0 bridgehead atoms. The number of nitrogens with one attached hydrogen (secondary N) is 7. The van der Waals surface area contributed by atoms with Gasteiger partial charge in [-0.1, -0.05) is 32.4 Å². The molecular weight excluding hydrogens is 903 g/mol. The SMILES string of the molecule is CCC(C)[C@H](NC(=O)[C@H](Cc1ccc(O)cc1)NC(=O)CNC(=O)[C@@H]1CCCN1C(=O)[C@H](CC(=O)O)NC(=O)[C@@H](N)CS)C(=O)NCC(=O)N[C@@H](CO)C(=O)N[C@@H](CCCN=C(N)N)C(N)=O. The van der Waals surface area contributed by atoms with Crippen molar-refractivity contribution in [2.75, 3.05) is 38.5 Å². The molecule has 2 rings (SSSR count). The lowest BCUT2D eigenvalue weighted by molar-refractivity contribution is -0.146. The number of nitrogens with two attached hydrogens (primary N) is 4. The highest BCUT2D eigenvalue weighted by Crippen LogP contribution is 2.20. The summed E-state index contributed by atoms with van der Waals surface area (Å²) in [6.45, 7) is 1.24. The molecule has 27 heteroatoms. The van der Waals surface area contributed by atoms with Crippen LogP contribution < -0.4 is 60.2 Å². The molecule has 9 amide bonds. The number of aliphatic hydroxyl groups is 1. The fourth-order valence-corrected chi connectivity index (χ4v) is 6.75. The van der Waals surface area contributed by atoms with Crippen LogP contribution in [0.3, 0.4) is 0 Å². The highest BCUT2D eigenvalue weighted by molar-refractivity contribution is 7.80. The lowest BCUT2D eigenvalue weighted by Crippen LogP contribution is -2.59. The molecule has 67 heavy (non-hydrogen) atoms. The summed E-state index contributed by atoms with van der Waals surface area (Å²) < 4.78 is 0. The van der Waals surface area contributed by atoms with Crippen molar-refractivity contribution in [1.29, 1.82) is 0 Å². The number of benzene rings is 1. The van der Waals surface area contributed by atoms with Gasteiger partial charge in [0.2, 0.25) is 53.2 Å². The van der Waals surface area contributed by atoms with E-state index in [-0.39, 0.29) is 56.2 Å². The smallest absolute Gasteiger partial charge is 0.305 e. The van der Waals surface area contributed by atoms with Crippen molar-refractivity contribution in [3.05, 3.63) is 29.8 Å². The van der Waals surface area contributed by atoms with Crippen LogP contribution in [0, 0.1) is 5.92 Å². The number of likely N-dealkylation sites (tertiary alicyclic amines) is 1. The zero-order valence-corrected chi connectivity index (χ0v) is 38.1. The molecule has 0 aromatic heterocycles. The summed E-state index contributed by atoms with van der Waals surface area (Å²) >= 11 is 3.94. The highest BCUT2D eigenvalue weighted by atomic mass is 32.1. The molecule has 1 aliphatic rings. The quantitative estimate of drug-likeness (QED) is 0.0161. The third-order valence-electron chi connectivity index (χ3n) is 10.5. The molecule has 1 unspecified atom stereocenters. The number of hydrogen-bond acceptors (Lipinski definition) is 15. The van der Waals surface area contributed by atoms with E-state index in [4.69, 9.17) is 22.9 Å². The Morgan fingerprint density at radius 1 is 0.821 bits per heavy atom. The Morgan fingerprint density at radius 2 is 1.42 bits per heavy atom. The molecule has 0 radical (unpaired) electrons. The van der Waals surface area contributed by atoms with Gasteiger partial charge in [-0.05, 0) is 49.3 Å². The topological polar surface area (TPSA) is 435 Å². The van der Waals surface area contributed by atoms with Crippen molar-refractivity contribution in [2.45, 2.75) is 101 Å². The van der Waals surface area contributed by atoms with E-state index in [1.165, 1.54) is 24.3 Å². The van der Waals surface area contributed by atoms with Gasteiger partial charge in [0.25, 0.3) is 0 Å². The van der Waals surface area contributed by atoms with E-state index in [9.17, 15) is 63.3 Å². The maximum atomic E-state index is 13.9. The summed E-state index contributed by atoms with van der Waals surface area (Å²) in [6.07, 6.45) is 0.167. The monoisotopic (exact) mass is 965 g/mol. The number of carboxylic acids is 1. The first-order valence-corrected chi connectivity index (χ1v) is 21.9. The molecule has 1 aromatic rings. The maximum absolute atomic E-state index is 13.9. The number of aliphatic hydroxyl groups excluding tert-OH is 1. The number of phenols is 1. The number of carboxylic acid groups (broad SMARTS) is 1. The van der Waals surface area contributed by atoms with Gasteiger partial charge in [0, 0.05) is 25.3 Å². The van der Waals surface area contributed by atoms with E-state index in [1.807, 2.05) is 0 Å². The Kier molecular flexibility index (Phi) is 23.8. The number of aliphatic imine (C=N–C) groups is 1. The zero-order chi connectivity index (χ0) is 50.4. The van der Waals surface area contributed by atoms with Crippen molar-refractivity contribution < 1.29 is 63.3 Å².